The number of nitrogens with two attached hydrogens (primary N) is 1. The summed E-state index contributed by atoms with van der Waals surface area (Å²) in [4.78, 5) is 2.44. The lowest BCUT2D eigenvalue weighted by molar-refractivity contribution is 0.115. The molecule has 0 amide bonds. The van der Waals surface area contributed by atoms with E-state index >= 15 is 0 Å². The van der Waals surface area contributed by atoms with E-state index < -0.39 is 0 Å². The summed E-state index contributed by atoms with van der Waals surface area (Å²) in [6, 6.07) is 7.05. The van der Waals surface area contributed by atoms with Gasteiger partial charge in [-0.25, -0.2) is 0 Å². The fraction of sp³-hybridized carbons (Fsp3) is 0.667. The number of ether oxygens (including phenoxy) is 1. The fourth-order valence-corrected chi connectivity index (χ4v) is 3.08. The maximum atomic E-state index is 6.06. The van der Waals surface area contributed by atoms with Crippen molar-refractivity contribution in [1.29, 1.82) is 0 Å². The number of benzene rings is 1. The van der Waals surface area contributed by atoms with Gasteiger partial charge in [0.05, 0.1) is 6.10 Å². The first-order valence-corrected chi connectivity index (χ1v) is 8.35. The van der Waals surface area contributed by atoms with E-state index in [1.54, 1.807) is 0 Å². The molecule has 1 aliphatic heterocycles. The topological polar surface area (TPSA) is 38.5 Å². The van der Waals surface area contributed by atoms with Crippen molar-refractivity contribution in [3.05, 3.63) is 29.3 Å². The third-order valence-corrected chi connectivity index (χ3v) is 4.45. The van der Waals surface area contributed by atoms with Gasteiger partial charge in [0.2, 0.25) is 0 Å². The smallest absolute Gasteiger partial charge is 0.0750 e. The normalized spacial score (nSPS) is 19.7. The van der Waals surface area contributed by atoms with Crippen molar-refractivity contribution in [3.8, 4) is 0 Å². The van der Waals surface area contributed by atoms with Crippen LogP contribution in [0.4, 0.5) is 5.69 Å². The Kier molecular flexibility index (Phi) is 6.07. The molecular weight excluding hydrogens is 260 g/mol. The minimum atomic E-state index is 0.268. The van der Waals surface area contributed by atoms with E-state index in [1.165, 1.54) is 29.7 Å². The number of likely N-dealkylation sites (N-methyl/N-ethyl adjacent to an activating group) is 1. The van der Waals surface area contributed by atoms with Crippen LogP contribution in [0.5, 0.6) is 0 Å². The van der Waals surface area contributed by atoms with Gasteiger partial charge in [-0.15, -0.1) is 0 Å². The van der Waals surface area contributed by atoms with Crippen molar-refractivity contribution >= 4 is 5.69 Å². The average Bonchev–Trinajstić information content (AvgIpc) is 2.98. The van der Waals surface area contributed by atoms with Gasteiger partial charge in [0.1, 0.15) is 0 Å². The van der Waals surface area contributed by atoms with Gasteiger partial charge in [0.15, 0.2) is 0 Å². The highest BCUT2D eigenvalue weighted by Crippen LogP contribution is 2.24. The molecule has 1 saturated heterocycles. The molecule has 1 fully saturated rings. The van der Waals surface area contributed by atoms with Crippen LogP contribution in [0.15, 0.2) is 18.2 Å². The second-order valence-electron chi connectivity index (χ2n) is 6.17. The van der Waals surface area contributed by atoms with Crippen LogP contribution < -0.4 is 10.6 Å². The number of aryl methyl sites for hydroxylation is 1. The number of anilines is 1. The van der Waals surface area contributed by atoms with Gasteiger partial charge < -0.3 is 15.4 Å². The molecule has 2 rings (SSSR count). The van der Waals surface area contributed by atoms with Crippen molar-refractivity contribution < 1.29 is 4.74 Å². The first-order chi connectivity index (χ1) is 10.1. The highest BCUT2D eigenvalue weighted by atomic mass is 16.5. The fourth-order valence-electron chi connectivity index (χ4n) is 3.08. The van der Waals surface area contributed by atoms with Gasteiger partial charge in [0, 0.05) is 31.4 Å². The second-order valence-corrected chi connectivity index (χ2v) is 6.17. The van der Waals surface area contributed by atoms with Crippen LogP contribution in [0.3, 0.4) is 0 Å². The predicted molar refractivity (Wildman–Crippen MR) is 90.0 cm³/mol. The number of rotatable bonds is 7. The summed E-state index contributed by atoms with van der Waals surface area (Å²) in [6.45, 7) is 9.52. The summed E-state index contributed by atoms with van der Waals surface area (Å²) in [5, 5.41) is 0. The molecule has 0 bridgehead atoms. The number of hydrogen-bond donors (Lipinski definition) is 1. The summed E-state index contributed by atoms with van der Waals surface area (Å²) >= 11 is 0. The van der Waals surface area contributed by atoms with E-state index in [9.17, 15) is 0 Å². The Hall–Kier alpha value is -1.06. The summed E-state index contributed by atoms with van der Waals surface area (Å²) in [5.74, 6) is 0. The standard InChI is InChI=1S/C18H30N2O/c1-4-16(19)12-15-8-9-18(14(3)11-15)20(5-2)13-17-7-6-10-21-17/h8-9,11,16-17H,4-7,10,12-13,19H2,1-3H3. The average molecular weight is 290 g/mol. The Bertz CT molecular complexity index is 441. The van der Waals surface area contributed by atoms with E-state index in [0.717, 1.165) is 32.5 Å². The van der Waals surface area contributed by atoms with E-state index in [2.05, 4.69) is 43.9 Å². The van der Waals surface area contributed by atoms with Gasteiger partial charge in [-0.1, -0.05) is 19.1 Å². The zero-order valence-electron chi connectivity index (χ0n) is 13.8. The summed E-state index contributed by atoms with van der Waals surface area (Å²) in [6.07, 6.45) is 4.79. The van der Waals surface area contributed by atoms with Gasteiger partial charge in [-0.05, 0) is 56.7 Å². The zero-order chi connectivity index (χ0) is 15.2. The van der Waals surface area contributed by atoms with Crippen molar-refractivity contribution in [1.82, 2.24) is 0 Å². The first-order valence-electron chi connectivity index (χ1n) is 8.35. The Morgan fingerprint density at radius 3 is 2.76 bits per heavy atom. The lowest BCUT2D eigenvalue weighted by Crippen LogP contribution is -2.32. The van der Waals surface area contributed by atoms with Crippen LogP contribution in [0.2, 0.25) is 0 Å². The van der Waals surface area contributed by atoms with E-state index in [4.69, 9.17) is 10.5 Å². The number of nitrogens with zero attached hydrogens (tertiary/aromatic N) is 1. The molecule has 2 N–H and O–H groups in total. The van der Waals surface area contributed by atoms with Gasteiger partial charge >= 0.3 is 0 Å². The Labute approximate surface area is 129 Å². The Morgan fingerprint density at radius 1 is 1.38 bits per heavy atom. The maximum absolute atomic E-state index is 6.06. The minimum Gasteiger partial charge on any atom is -0.376 e. The highest BCUT2D eigenvalue weighted by Gasteiger charge is 2.19. The lowest BCUT2D eigenvalue weighted by atomic mass is 10.0. The first kappa shape index (κ1) is 16.3. The molecular formula is C18H30N2O. The van der Waals surface area contributed by atoms with Crippen molar-refractivity contribution in [2.75, 3.05) is 24.6 Å². The second kappa shape index (κ2) is 7.81. The molecule has 2 atom stereocenters. The largest absolute Gasteiger partial charge is 0.376 e. The molecule has 2 unspecified atom stereocenters. The molecule has 0 aromatic heterocycles. The molecule has 1 heterocycles. The number of hydrogen-bond acceptors (Lipinski definition) is 3. The molecule has 21 heavy (non-hydrogen) atoms. The molecule has 0 aliphatic carbocycles. The van der Waals surface area contributed by atoms with Crippen LogP contribution in [0.1, 0.15) is 44.2 Å². The molecule has 3 heteroatoms. The molecule has 0 radical (unpaired) electrons. The molecule has 118 valence electrons. The lowest BCUT2D eigenvalue weighted by Gasteiger charge is -2.28. The third kappa shape index (κ3) is 4.45. The van der Waals surface area contributed by atoms with Crippen molar-refractivity contribution in [2.45, 2.75) is 58.6 Å². The summed E-state index contributed by atoms with van der Waals surface area (Å²) < 4.78 is 5.78. The zero-order valence-corrected chi connectivity index (χ0v) is 13.8. The highest BCUT2D eigenvalue weighted by molar-refractivity contribution is 5.54. The SMILES string of the molecule is CCC(N)Cc1ccc(N(CC)CC2CCCO2)c(C)c1. The van der Waals surface area contributed by atoms with Crippen LogP contribution in [0.25, 0.3) is 0 Å². The predicted octanol–water partition coefficient (Wildman–Crippen LogP) is 3.28. The van der Waals surface area contributed by atoms with Crippen molar-refractivity contribution in [3.63, 3.8) is 0 Å². The van der Waals surface area contributed by atoms with Gasteiger partial charge in [0.25, 0.3) is 0 Å². The van der Waals surface area contributed by atoms with Crippen molar-refractivity contribution in [2.24, 2.45) is 5.73 Å². The van der Waals surface area contributed by atoms with E-state index in [-0.39, 0.29) is 6.04 Å². The quantitative estimate of drug-likeness (QED) is 0.837. The molecule has 3 nitrogen and oxygen atoms in total. The third-order valence-electron chi connectivity index (χ3n) is 4.45. The van der Waals surface area contributed by atoms with E-state index in [1.807, 2.05) is 0 Å². The van der Waals surface area contributed by atoms with E-state index in [0.29, 0.717) is 6.10 Å². The molecule has 0 spiro atoms. The van der Waals surface area contributed by atoms with Crippen LogP contribution in [-0.2, 0) is 11.2 Å². The molecule has 1 aromatic carbocycles. The molecule has 0 saturated carbocycles. The monoisotopic (exact) mass is 290 g/mol. The summed E-state index contributed by atoms with van der Waals surface area (Å²) in [5.41, 5.74) is 10.1. The van der Waals surface area contributed by atoms with Gasteiger partial charge in [-0.3, -0.25) is 0 Å². The maximum Gasteiger partial charge on any atom is 0.0750 e. The summed E-state index contributed by atoms with van der Waals surface area (Å²) in [7, 11) is 0. The van der Waals surface area contributed by atoms with Crippen LogP contribution >= 0.6 is 0 Å². The van der Waals surface area contributed by atoms with Gasteiger partial charge in [-0.2, -0.15) is 0 Å². The Balaban J connectivity index is 2.06. The minimum absolute atomic E-state index is 0.268. The van der Waals surface area contributed by atoms with Crippen LogP contribution in [0, 0.1) is 6.92 Å². The molecule has 1 aromatic rings. The molecule has 1 aliphatic rings. The Morgan fingerprint density at radius 2 is 2.19 bits per heavy atom. The van der Waals surface area contributed by atoms with Crippen LogP contribution in [-0.4, -0.2) is 31.8 Å².